The van der Waals surface area contributed by atoms with E-state index in [0.717, 1.165) is 10.9 Å². The molecule has 0 aliphatic rings. The molecule has 144 valence electrons. The molecular weight excluding hydrogens is 418 g/mol. The van der Waals surface area contributed by atoms with Gasteiger partial charge >= 0.3 is 0 Å². The minimum atomic E-state index is -0.205. The normalized spacial score (nSPS) is 10.4. The first kappa shape index (κ1) is 20.0. The Morgan fingerprint density at radius 1 is 0.929 bits per heavy atom. The van der Waals surface area contributed by atoms with Crippen LogP contribution in [-0.4, -0.2) is 19.1 Å². The molecule has 0 bridgehead atoms. The van der Waals surface area contributed by atoms with Crippen LogP contribution in [0.2, 0.25) is 0 Å². The molecule has 0 fully saturated rings. The first-order valence-corrected chi connectivity index (χ1v) is 9.96. The molecule has 1 amide bonds. The number of ether oxygens (including phenoxy) is 2. The number of carbonyl (C=O) groups excluding carboxylic acids is 1. The van der Waals surface area contributed by atoms with Crippen molar-refractivity contribution in [2.45, 2.75) is 13.3 Å². The van der Waals surface area contributed by atoms with Crippen molar-refractivity contribution in [1.29, 1.82) is 0 Å². The molecule has 0 radical (unpaired) electrons. The Bertz CT molecular complexity index is 928. The number of halogens is 1. The number of anilines is 1. The number of hydrogen-bond donors (Lipinski definition) is 1. The molecule has 4 nitrogen and oxygen atoms in total. The molecule has 3 rings (SSSR count). The smallest absolute Gasteiger partial charge is 0.255 e. The van der Waals surface area contributed by atoms with E-state index in [9.17, 15) is 4.79 Å². The van der Waals surface area contributed by atoms with E-state index >= 15 is 0 Å². The largest absolute Gasteiger partial charge is 0.492 e. The second-order valence-electron chi connectivity index (χ2n) is 6.11. The molecule has 0 aliphatic heterocycles. The molecule has 5 heteroatoms. The zero-order chi connectivity index (χ0) is 19.8. The average molecular weight is 440 g/mol. The molecule has 0 aromatic heterocycles. The van der Waals surface area contributed by atoms with Gasteiger partial charge in [-0.2, -0.15) is 0 Å². The van der Waals surface area contributed by atoms with Crippen molar-refractivity contribution in [1.82, 2.24) is 0 Å². The molecule has 3 aromatic carbocycles. The van der Waals surface area contributed by atoms with Gasteiger partial charge in [0.15, 0.2) is 0 Å². The lowest BCUT2D eigenvalue weighted by Gasteiger charge is -2.12. The minimum absolute atomic E-state index is 0.205. The SMILES string of the molecule is CCOc1ccccc1NC(=O)c1ccc(OCCc2ccccc2)c(Br)c1. The maximum Gasteiger partial charge on any atom is 0.255 e. The fourth-order valence-corrected chi connectivity index (χ4v) is 3.22. The molecule has 28 heavy (non-hydrogen) atoms. The maximum atomic E-state index is 12.6. The quantitative estimate of drug-likeness (QED) is 0.487. The minimum Gasteiger partial charge on any atom is -0.492 e. The molecule has 0 spiro atoms. The number of amides is 1. The molecular formula is C23H22BrNO3. The van der Waals surface area contributed by atoms with Gasteiger partial charge in [-0.3, -0.25) is 4.79 Å². The lowest BCUT2D eigenvalue weighted by Crippen LogP contribution is -2.13. The van der Waals surface area contributed by atoms with Crippen LogP contribution in [0, 0.1) is 0 Å². The molecule has 0 heterocycles. The standard InChI is InChI=1S/C23H22BrNO3/c1-2-27-22-11-7-6-10-20(22)25-23(26)18-12-13-21(19(24)16-18)28-15-14-17-8-4-3-5-9-17/h3-13,16H,2,14-15H2,1H3,(H,25,26). The number of benzene rings is 3. The highest BCUT2D eigenvalue weighted by Crippen LogP contribution is 2.28. The van der Waals surface area contributed by atoms with Gasteiger partial charge in [0.05, 0.1) is 23.4 Å². The summed E-state index contributed by atoms with van der Waals surface area (Å²) in [5.41, 5.74) is 2.41. The Labute approximate surface area is 173 Å². The van der Waals surface area contributed by atoms with E-state index in [4.69, 9.17) is 9.47 Å². The van der Waals surface area contributed by atoms with Crippen LogP contribution in [0.15, 0.2) is 77.3 Å². The van der Waals surface area contributed by atoms with Crippen molar-refractivity contribution < 1.29 is 14.3 Å². The molecule has 0 unspecified atom stereocenters. The summed E-state index contributed by atoms with van der Waals surface area (Å²) >= 11 is 3.50. The van der Waals surface area contributed by atoms with Crippen LogP contribution in [-0.2, 0) is 6.42 Å². The van der Waals surface area contributed by atoms with Gasteiger partial charge < -0.3 is 14.8 Å². The summed E-state index contributed by atoms with van der Waals surface area (Å²) < 4.78 is 12.1. The van der Waals surface area contributed by atoms with Crippen LogP contribution in [0.3, 0.4) is 0 Å². The van der Waals surface area contributed by atoms with E-state index < -0.39 is 0 Å². The van der Waals surface area contributed by atoms with E-state index in [1.54, 1.807) is 18.2 Å². The Morgan fingerprint density at radius 2 is 1.68 bits per heavy atom. The van der Waals surface area contributed by atoms with Gasteiger partial charge in [0.2, 0.25) is 0 Å². The van der Waals surface area contributed by atoms with Crippen LogP contribution in [0.4, 0.5) is 5.69 Å². The van der Waals surface area contributed by atoms with Gasteiger partial charge in [0, 0.05) is 12.0 Å². The summed E-state index contributed by atoms with van der Waals surface area (Å²) in [6.45, 7) is 3.01. The summed E-state index contributed by atoms with van der Waals surface area (Å²) in [4.78, 5) is 12.6. The van der Waals surface area contributed by atoms with Crippen molar-refractivity contribution in [2.24, 2.45) is 0 Å². The van der Waals surface area contributed by atoms with Crippen molar-refractivity contribution in [3.05, 3.63) is 88.4 Å². The summed E-state index contributed by atoms with van der Waals surface area (Å²) in [5, 5.41) is 2.90. The summed E-state index contributed by atoms with van der Waals surface area (Å²) in [6, 6.07) is 22.9. The van der Waals surface area contributed by atoms with Crippen LogP contribution in [0.1, 0.15) is 22.8 Å². The lowest BCUT2D eigenvalue weighted by molar-refractivity contribution is 0.102. The fraction of sp³-hybridized carbons (Fsp3) is 0.174. The summed E-state index contributed by atoms with van der Waals surface area (Å²) in [6.07, 6.45) is 0.823. The third-order valence-corrected chi connectivity index (χ3v) is 4.74. The zero-order valence-electron chi connectivity index (χ0n) is 15.7. The molecule has 3 aromatic rings. The highest BCUT2D eigenvalue weighted by atomic mass is 79.9. The Morgan fingerprint density at radius 3 is 2.43 bits per heavy atom. The molecule has 0 saturated carbocycles. The highest BCUT2D eigenvalue weighted by Gasteiger charge is 2.12. The van der Waals surface area contributed by atoms with Crippen molar-refractivity contribution >= 4 is 27.5 Å². The van der Waals surface area contributed by atoms with Gasteiger partial charge in [-0.1, -0.05) is 42.5 Å². The van der Waals surface area contributed by atoms with Crippen LogP contribution >= 0.6 is 15.9 Å². The first-order chi connectivity index (χ1) is 13.7. The topological polar surface area (TPSA) is 47.6 Å². The molecule has 1 N–H and O–H groups in total. The van der Waals surface area contributed by atoms with Crippen LogP contribution in [0.25, 0.3) is 0 Å². The average Bonchev–Trinajstić information content (AvgIpc) is 2.71. The predicted octanol–water partition coefficient (Wildman–Crippen LogP) is 5.72. The van der Waals surface area contributed by atoms with Gasteiger partial charge in [-0.25, -0.2) is 0 Å². The van der Waals surface area contributed by atoms with E-state index in [2.05, 4.69) is 33.4 Å². The van der Waals surface area contributed by atoms with Gasteiger partial charge in [-0.05, 0) is 58.7 Å². The lowest BCUT2D eigenvalue weighted by atomic mass is 10.1. The summed E-state index contributed by atoms with van der Waals surface area (Å²) in [7, 11) is 0. The fourth-order valence-electron chi connectivity index (χ4n) is 2.73. The number of nitrogens with one attached hydrogen (secondary N) is 1. The Hall–Kier alpha value is -2.79. The Kier molecular flexibility index (Phi) is 7.09. The first-order valence-electron chi connectivity index (χ1n) is 9.17. The predicted molar refractivity (Wildman–Crippen MR) is 115 cm³/mol. The zero-order valence-corrected chi connectivity index (χ0v) is 17.2. The second kappa shape index (κ2) is 9.95. The number of rotatable bonds is 8. The molecule has 0 aliphatic carbocycles. The van der Waals surface area contributed by atoms with Gasteiger partial charge in [-0.15, -0.1) is 0 Å². The monoisotopic (exact) mass is 439 g/mol. The van der Waals surface area contributed by atoms with E-state index in [1.807, 2.05) is 49.4 Å². The van der Waals surface area contributed by atoms with Crippen molar-refractivity contribution in [2.75, 3.05) is 18.5 Å². The third-order valence-electron chi connectivity index (χ3n) is 4.12. The molecule has 0 saturated heterocycles. The maximum absolute atomic E-state index is 12.6. The number of para-hydroxylation sites is 2. The third kappa shape index (κ3) is 5.36. The second-order valence-corrected chi connectivity index (χ2v) is 6.97. The highest BCUT2D eigenvalue weighted by molar-refractivity contribution is 9.10. The van der Waals surface area contributed by atoms with Crippen molar-refractivity contribution in [3.8, 4) is 11.5 Å². The van der Waals surface area contributed by atoms with Crippen LogP contribution in [0.5, 0.6) is 11.5 Å². The van der Waals surface area contributed by atoms with E-state index in [1.165, 1.54) is 5.56 Å². The van der Waals surface area contributed by atoms with Gasteiger partial charge in [0.25, 0.3) is 5.91 Å². The Balaban J connectivity index is 1.62. The van der Waals surface area contributed by atoms with Crippen molar-refractivity contribution in [3.63, 3.8) is 0 Å². The van der Waals surface area contributed by atoms with Crippen LogP contribution < -0.4 is 14.8 Å². The summed E-state index contributed by atoms with van der Waals surface area (Å²) in [5.74, 6) is 1.16. The van der Waals surface area contributed by atoms with E-state index in [0.29, 0.717) is 36.0 Å². The number of carbonyl (C=O) groups is 1. The molecule has 0 atom stereocenters. The van der Waals surface area contributed by atoms with Gasteiger partial charge in [0.1, 0.15) is 11.5 Å². The van der Waals surface area contributed by atoms with E-state index in [-0.39, 0.29) is 5.91 Å². The number of hydrogen-bond acceptors (Lipinski definition) is 3.